The molecule has 0 saturated heterocycles. The molecule has 0 amide bonds. The number of hydrogen-bond acceptors (Lipinski definition) is 14. The van der Waals surface area contributed by atoms with Crippen molar-refractivity contribution in [2.24, 2.45) is 0 Å². The molecule has 0 spiro atoms. The van der Waals surface area contributed by atoms with Crippen molar-refractivity contribution in [1.29, 1.82) is 0 Å². The minimum Gasteiger partial charge on any atom is -0.463 e. The van der Waals surface area contributed by atoms with Crippen LogP contribution in [0.1, 0.15) is 265 Å². The Morgan fingerprint density at radius 1 is 0.283 bits per heavy atom. The summed E-state index contributed by atoms with van der Waals surface area (Å²) in [7, 11) is -9.82. The normalized spacial score (nSPS) is 15.0. The van der Waals surface area contributed by atoms with Crippen LogP contribution in [0.5, 0.6) is 0 Å². The minimum absolute atomic E-state index is 0.0674. The first-order valence-corrected chi connectivity index (χ1v) is 40.4. The zero-order valence-electron chi connectivity index (χ0n) is 61.1. The third-order valence-electron chi connectivity index (χ3n) is 14.9. The number of carbonyl (C=O) groups excluding carboxylic acids is 3. The lowest BCUT2D eigenvalue weighted by Crippen LogP contribution is -2.30. The molecule has 99 heavy (non-hydrogen) atoms. The van der Waals surface area contributed by atoms with Gasteiger partial charge in [-0.3, -0.25) is 32.5 Å². The van der Waals surface area contributed by atoms with Crippen LogP contribution in [0, 0.1) is 0 Å². The quantitative estimate of drug-likeness (QED) is 0.0146. The lowest BCUT2D eigenvalue weighted by Gasteiger charge is -2.21. The van der Waals surface area contributed by atoms with E-state index >= 15 is 0 Å². The summed E-state index contributed by atoms with van der Waals surface area (Å²) in [6.07, 6.45) is 91.4. The molecule has 0 aliphatic rings. The zero-order valence-corrected chi connectivity index (χ0v) is 62.9. The van der Waals surface area contributed by atoms with Crippen LogP contribution in [-0.4, -0.2) is 95.9 Å². The SMILES string of the molecule is CC/C=C\C/C=C\C/C=C\C/C=C\C/C=C\C/C=C\CCCCCCCCCCCCCCC(=O)OCC(O)COP(=O)(O)OCC(O)COP(=O)(O)OCC(COC(=O)CCC/C=C\C/C=C\C/C=C\C/C=C\C/C=C\CC)OC(=O)CCCCCCC/C=C\C/C=C\C/C=C\CC. The smallest absolute Gasteiger partial charge is 0.463 e. The van der Waals surface area contributed by atoms with E-state index in [1.807, 2.05) is 12.2 Å². The maximum atomic E-state index is 12.9. The predicted octanol–water partition coefficient (Wildman–Crippen LogP) is 21.6. The van der Waals surface area contributed by atoms with Gasteiger partial charge in [0.1, 0.15) is 25.4 Å². The Bertz CT molecular complexity index is 2480. The maximum absolute atomic E-state index is 12.9. The lowest BCUT2D eigenvalue weighted by atomic mass is 10.0. The van der Waals surface area contributed by atoms with Crippen molar-refractivity contribution >= 4 is 33.6 Å². The summed E-state index contributed by atoms with van der Waals surface area (Å²) in [5, 5.41) is 20.6. The summed E-state index contributed by atoms with van der Waals surface area (Å²) in [6.45, 7) is 2.22. The Morgan fingerprint density at radius 3 is 0.838 bits per heavy atom. The van der Waals surface area contributed by atoms with Crippen LogP contribution in [0.2, 0.25) is 0 Å². The monoisotopic (exact) mass is 1420 g/mol. The van der Waals surface area contributed by atoms with Crippen LogP contribution in [0.4, 0.5) is 0 Å². The van der Waals surface area contributed by atoms with Crippen molar-refractivity contribution in [2.45, 2.75) is 283 Å². The Kier molecular flexibility index (Phi) is 69.0. The third-order valence-corrected chi connectivity index (χ3v) is 16.8. The first kappa shape index (κ1) is 93.9. The number of aliphatic hydroxyl groups excluding tert-OH is 2. The molecule has 0 bridgehead atoms. The molecule has 0 radical (unpaired) electrons. The molecule has 16 nitrogen and oxygen atoms in total. The molecular weight excluding hydrogens is 1290 g/mol. The van der Waals surface area contributed by atoms with Crippen molar-refractivity contribution in [3.8, 4) is 0 Å². The second-order valence-corrected chi connectivity index (χ2v) is 27.2. The van der Waals surface area contributed by atoms with Gasteiger partial charge in [0, 0.05) is 19.3 Å². The van der Waals surface area contributed by atoms with Crippen LogP contribution in [0.25, 0.3) is 0 Å². The standard InChI is InChI=1S/C81H132O16P2/c1-4-7-10-13-16-19-22-25-28-30-31-32-33-34-35-36-37-38-39-40-41-42-43-45-48-49-52-55-58-61-64-67-79(84)91-70-76(82)71-93-98(87,88)94-72-77(83)73-95-99(89,90)96-75-78(97-81(86)69-66-63-60-57-54-51-46-27-24-21-18-15-12-9-6-3)74-92-80(85)68-65-62-59-56-53-50-47-44-29-26-23-20-17-14-11-8-5-2/h7-12,16-21,25-29,31-32,34-35,37-38,46-47,50,56,59,76-78,82-83H,4-6,13-15,22-24,30,33,36,39-45,48-49,51-55,57-58,60-75H2,1-3H3,(H,87,88)(H,89,90)/b10-7-,11-8-,12-9-,19-16-,20-17-,21-18-,28-25-,29-26-,32-31-,35-34-,38-37-,46-27-,50-47-,59-56-. The van der Waals surface area contributed by atoms with Crippen LogP contribution < -0.4 is 0 Å². The fourth-order valence-electron chi connectivity index (χ4n) is 9.33. The highest BCUT2D eigenvalue weighted by Crippen LogP contribution is 2.45. The van der Waals surface area contributed by atoms with Gasteiger partial charge in [-0.2, -0.15) is 0 Å². The molecule has 0 saturated carbocycles. The molecular formula is C81H132O16P2. The van der Waals surface area contributed by atoms with Crippen LogP contribution >= 0.6 is 15.6 Å². The van der Waals surface area contributed by atoms with Crippen LogP contribution in [0.15, 0.2) is 170 Å². The van der Waals surface area contributed by atoms with Gasteiger partial charge in [0.2, 0.25) is 0 Å². The van der Waals surface area contributed by atoms with Gasteiger partial charge in [-0.25, -0.2) is 9.13 Å². The van der Waals surface area contributed by atoms with E-state index in [2.05, 4.69) is 179 Å². The number of hydrogen-bond donors (Lipinski definition) is 4. The second-order valence-electron chi connectivity index (χ2n) is 24.3. The number of phosphoric acid groups is 2. The number of allylic oxidation sites excluding steroid dienone is 28. The number of carbonyl (C=O) groups is 3. The van der Waals surface area contributed by atoms with Crippen LogP contribution in [-0.2, 0) is 55.8 Å². The molecule has 0 heterocycles. The molecule has 0 aromatic carbocycles. The lowest BCUT2D eigenvalue weighted by molar-refractivity contribution is -0.161. The van der Waals surface area contributed by atoms with Gasteiger partial charge >= 0.3 is 33.6 Å². The van der Waals surface area contributed by atoms with Crippen molar-refractivity contribution in [3.63, 3.8) is 0 Å². The summed E-state index contributed by atoms with van der Waals surface area (Å²) in [6, 6.07) is 0. The van der Waals surface area contributed by atoms with E-state index in [4.69, 9.17) is 32.3 Å². The summed E-state index contributed by atoms with van der Waals surface area (Å²) in [4.78, 5) is 58.5. The van der Waals surface area contributed by atoms with E-state index in [1.54, 1.807) is 0 Å². The average molecular weight is 1420 g/mol. The maximum Gasteiger partial charge on any atom is 0.472 e. The highest BCUT2D eigenvalue weighted by molar-refractivity contribution is 7.47. The molecule has 0 aliphatic carbocycles. The first-order valence-electron chi connectivity index (χ1n) is 37.4. The first-order chi connectivity index (χ1) is 48.2. The Labute approximate surface area is 599 Å². The average Bonchev–Trinajstić information content (AvgIpc) is 2.96. The summed E-state index contributed by atoms with van der Waals surface area (Å²) in [5.41, 5.74) is 0. The fourth-order valence-corrected chi connectivity index (χ4v) is 10.9. The molecule has 0 aromatic heterocycles. The minimum atomic E-state index is -4.95. The zero-order chi connectivity index (χ0) is 72.3. The van der Waals surface area contributed by atoms with Gasteiger partial charge in [0.15, 0.2) is 6.10 Å². The van der Waals surface area contributed by atoms with Gasteiger partial charge in [0.05, 0.1) is 26.4 Å². The molecule has 4 N–H and O–H groups in total. The number of esters is 3. The number of ether oxygens (including phenoxy) is 3. The number of unbranched alkanes of at least 4 members (excludes halogenated alkanes) is 18. The number of aliphatic hydroxyl groups is 2. The topological polar surface area (TPSA) is 231 Å². The summed E-state index contributed by atoms with van der Waals surface area (Å²) < 4.78 is 60.9. The van der Waals surface area contributed by atoms with E-state index in [0.717, 1.165) is 148 Å². The predicted molar refractivity (Wildman–Crippen MR) is 408 cm³/mol. The number of rotatable bonds is 69. The van der Waals surface area contributed by atoms with E-state index in [-0.39, 0.29) is 19.3 Å². The molecule has 562 valence electrons. The molecule has 5 unspecified atom stereocenters. The molecule has 0 aliphatic heterocycles. The Balaban J connectivity index is 4.53. The van der Waals surface area contributed by atoms with E-state index in [1.165, 1.54) is 51.4 Å². The second kappa shape index (κ2) is 72.7. The van der Waals surface area contributed by atoms with Crippen molar-refractivity contribution in [3.05, 3.63) is 170 Å². The Hall–Kier alpha value is -5.09. The molecule has 18 heteroatoms. The molecule has 0 rings (SSSR count). The highest BCUT2D eigenvalue weighted by atomic mass is 31.2. The van der Waals surface area contributed by atoms with Gasteiger partial charge in [-0.05, 0) is 141 Å². The Morgan fingerprint density at radius 2 is 0.515 bits per heavy atom. The highest BCUT2D eigenvalue weighted by Gasteiger charge is 2.29. The van der Waals surface area contributed by atoms with E-state index in [0.29, 0.717) is 25.7 Å². The molecule has 5 atom stereocenters. The largest absolute Gasteiger partial charge is 0.472 e. The number of phosphoric ester groups is 2. The van der Waals surface area contributed by atoms with Crippen molar-refractivity contribution in [2.75, 3.05) is 39.6 Å². The van der Waals surface area contributed by atoms with Crippen LogP contribution in [0.3, 0.4) is 0 Å². The van der Waals surface area contributed by atoms with E-state index in [9.17, 15) is 43.5 Å². The van der Waals surface area contributed by atoms with Gasteiger partial charge in [-0.1, -0.05) is 274 Å². The van der Waals surface area contributed by atoms with Gasteiger partial charge in [-0.15, -0.1) is 0 Å². The summed E-state index contributed by atoms with van der Waals surface area (Å²) in [5.74, 6) is -1.68. The fraction of sp³-hybridized carbons (Fsp3) is 0.617. The molecule has 0 fully saturated rings. The van der Waals surface area contributed by atoms with Crippen molar-refractivity contribution < 1.29 is 75.8 Å². The third kappa shape index (κ3) is 73.9. The molecule has 0 aromatic rings. The van der Waals surface area contributed by atoms with Gasteiger partial charge in [0.25, 0.3) is 0 Å². The van der Waals surface area contributed by atoms with Crippen molar-refractivity contribution in [1.82, 2.24) is 0 Å². The van der Waals surface area contributed by atoms with E-state index < -0.39 is 91.5 Å². The summed E-state index contributed by atoms with van der Waals surface area (Å²) >= 11 is 0. The van der Waals surface area contributed by atoms with Gasteiger partial charge < -0.3 is 34.2 Å².